The Morgan fingerprint density at radius 2 is 2.31 bits per heavy atom. The second-order valence-electron chi connectivity index (χ2n) is 2.75. The van der Waals surface area contributed by atoms with E-state index in [0.717, 1.165) is 15.7 Å². The predicted molar refractivity (Wildman–Crippen MR) is 50.5 cm³/mol. The first-order chi connectivity index (χ1) is 6.18. The summed E-state index contributed by atoms with van der Waals surface area (Å²) in [5.41, 5.74) is 1.62. The monoisotopic (exact) mass is 242 g/mol. The molecule has 2 N–H and O–H groups in total. The predicted octanol–water partition coefficient (Wildman–Crippen LogP) is 2.19. The topological polar surface area (TPSA) is 52.6 Å². The van der Waals surface area contributed by atoms with Gasteiger partial charge in [-0.25, -0.2) is 9.86 Å². The number of benzene rings is 1. The van der Waals surface area contributed by atoms with Crippen molar-refractivity contribution in [3.63, 3.8) is 0 Å². The number of anilines is 1. The SMILES string of the molecule is O=C1Nc2cccc(Br)c2CN1O. The van der Waals surface area contributed by atoms with E-state index < -0.39 is 6.03 Å². The maximum atomic E-state index is 11.0. The molecule has 0 aromatic heterocycles. The number of carbonyl (C=O) groups excluding carboxylic acids is 1. The molecule has 0 radical (unpaired) electrons. The molecule has 5 heteroatoms. The van der Waals surface area contributed by atoms with Crippen LogP contribution in [0, 0.1) is 0 Å². The van der Waals surface area contributed by atoms with E-state index >= 15 is 0 Å². The summed E-state index contributed by atoms with van der Waals surface area (Å²) in [6.45, 7) is 0.211. The average molecular weight is 243 g/mol. The number of fused-ring (bicyclic) bond motifs is 1. The van der Waals surface area contributed by atoms with Gasteiger partial charge in [0.25, 0.3) is 0 Å². The summed E-state index contributed by atoms with van der Waals surface area (Å²) in [7, 11) is 0. The van der Waals surface area contributed by atoms with E-state index in [2.05, 4.69) is 21.2 Å². The maximum absolute atomic E-state index is 11.0. The summed E-state index contributed by atoms with van der Waals surface area (Å²) in [5.74, 6) is 0. The minimum atomic E-state index is -0.495. The number of amides is 2. The molecular formula is C8H7BrN2O2. The van der Waals surface area contributed by atoms with Gasteiger partial charge in [0.15, 0.2) is 0 Å². The number of rotatable bonds is 0. The fourth-order valence-electron chi connectivity index (χ4n) is 1.24. The van der Waals surface area contributed by atoms with Crippen LogP contribution in [0.25, 0.3) is 0 Å². The van der Waals surface area contributed by atoms with Gasteiger partial charge in [-0.05, 0) is 12.1 Å². The summed E-state index contributed by atoms with van der Waals surface area (Å²) in [4.78, 5) is 11.0. The highest BCUT2D eigenvalue weighted by Gasteiger charge is 2.22. The van der Waals surface area contributed by atoms with E-state index in [1.54, 1.807) is 6.07 Å². The minimum absolute atomic E-state index is 0.211. The second-order valence-corrected chi connectivity index (χ2v) is 3.61. The van der Waals surface area contributed by atoms with E-state index in [-0.39, 0.29) is 6.54 Å². The third kappa shape index (κ3) is 1.40. The molecule has 1 aromatic rings. The van der Waals surface area contributed by atoms with E-state index in [9.17, 15) is 4.79 Å². The molecule has 0 bridgehead atoms. The molecule has 1 heterocycles. The molecule has 0 spiro atoms. The van der Waals surface area contributed by atoms with Crippen LogP contribution in [0.15, 0.2) is 22.7 Å². The Morgan fingerprint density at radius 1 is 1.54 bits per heavy atom. The van der Waals surface area contributed by atoms with Crippen LogP contribution >= 0.6 is 15.9 Å². The lowest BCUT2D eigenvalue weighted by atomic mass is 10.1. The Bertz CT molecular complexity index is 367. The van der Waals surface area contributed by atoms with Gasteiger partial charge in [-0.3, -0.25) is 5.21 Å². The molecule has 68 valence electrons. The highest BCUT2D eigenvalue weighted by Crippen LogP contribution is 2.28. The van der Waals surface area contributed by atoms with Crippen molar-refractivity contribution in [3.8, 4) is 0 Å². The molecule has 0 aliphatic carbocycles. The van der Waals surface area contributed by atoms with Gasteiger partial charge in [0, 0.05) is 15.7 Å². The first-order valence-corrected chi connectivity index (χ1v) is 4.52. The maximum Gasteiger partial charge on any atom is 0.345 e. The van der Waals surface area contributed by atoms with Crippen LogP contribution in [-0.2, 0) is 6.54 Å². The second kappa shape index (κ2) is 3.01. The lowest BCUT2D eigenvalue weighted by Gasteiger charge is -2.24. The average Bonchev–Trinajstić information content (AvgIpc) is 2.09. The number of hydroxylamine groups is 2. The molecule has 2 rings (SSSR count). The van der Waals surface area contributed by atoms with E-state index in [4.69, 9.17) is 5.21 Å². The molecule has 0 fully saturated rings. The van der Waals surface area contributed by atoms with E-state index in [0.29, 0.717) is 5.06 Å². The number of hydrogen-bond acceptors (Lipinski definition) is 2. The molecule has 2 amide bonds. The Balaban J connectivity index is 2.48. The van der Waals surface area contributed by atoms with Gasteiger partial charge in [-0.2, -0.15) is 0 Å². The highest BCUT2D eigenvalue weighted by molar-refractivity contribution is 9.10. The van der Waals surface area contributed by atoms with Crippen molar-refractivity contribution in [1.29, 1.82) is 0 Å². The normalized spacial score (nSPS) is 15.2. The third-order valence-corrected chi connectivity index (χ3v) is 2.65. The largest absolute Gasteiger partial charge is 0.345 e. The highest BCUT2D eigenvalue weighted by atomic mass is 79.9. The first kappa shape index (κ1) is 8.52. The molecule has 4 nitrogen and oxygen atoms in total. The van der Waals surface area contributed by atoms with E-state index in [1.807, 2.05) is 12.1 Å². The van der Waals surface area contributed by atoms with E-state index in [1.165, 1.54) is 0 Å². The minimum Gasteiger partial charge on any atom is -0.306 e. The van der Waals surface area contributed by atoms with Crippen LogP contribution in [0.4, 0.5) is 10.5 Å². The van der Waals surface area contributed by atoms with Gasteiger partial charge in [-0.1, -0.05) is 22.0 Å². The standard InChI is InChI=1S/C8H7BrN2O2/c9-6-2-1-3-7-5(6)4-11(13)8(12)10-7/h1-3,13H,4H2,(H,10,12). The number of carbonyl (C=O) groups is 1. The van der Waals surface area contributed by atoms with Crippen molar-refractivity contribution >= 4 is 27.6 Å². The molecule has 0 atom stereocenters. The fraction of sp³-hybridized carbons (Fsp3) is 0.125. The van der Waals surface area contributed by atoms with Gasteiger partial charge >= 0.3 is 6.03 Å². The zero-order chi connectivity index (χ0) is 9.42. The van der Waals surface area contributed by atoms with Crippen molar-refractivity contribution < 1.29 is 10.0 Å². The van der Waals surface area contributed by atoms with Gasteiger partial charge < -0.3 is 5.32 Å². The Kier molecular flexibility index (Phi) is 1.97. The number of nitrogens with zero attached hydrogens (tertiary/aromatic N) is 1. The van der Waals surface area contributed by atoms with Gasteiger partial charge in [0.2, 0.25) is 0 Å². The van der Waals surface area contributed by atoms with Crippen molar-refractivity contribution in [1.82, 2.24) is 5.06 Å². The zero-order valence-corrected chi connectivity index (χ0v) is 8.21. The Labute approximate surface area is 83.2 Å². The molecule has 13 heavy (non-hydrogen) atoms. The van der Waals surface area contributed by atoms with Crippen LogP contribution in [0.5, 0.6) is 0 Å². The van der Waals surface area contributed by atoms with Crippen LogP contribution in [0.2, 0.25) is 0 Å². The van der Waals surface area contributed by atoms with Crippen molar-refractivity contribution in [2.75, 3.05) is 5.32 Å². The summed E-state index contributed by atoms with van der Waals surface area (Å²) in [6, 6.07) is 5.00. The molecular weight excluding hydrogens is 236 g/mol. The van der Waals surface area contributed by atoms with Crippen molar-refractivity contribution in [2.45, 2.75) is 6.54 Å². The third-order valence-electron chi connectivity index (χ3n) is 1.90. The van der Waals surface area contributed by atoms with Crippen molar-refractivity contribution in [3.05, 3.63) is 28.2 Å². The Morgan fingerprint density at radius 3 is 3.08 bits per heavy atom. The zero-order valence-electron chi connectivity index (χ0n) is 6.62. The van der Waals surface area contributed by atoms with Gasteiger partial charge in [-0.15, -0.1) is 0 Å². The number of urea groups is 1. The fourth-order valence-corrected chi connectivity index (χ4v) is 1.73. The number of nitrogens with one attached hydrogen (secondary N) is 1. The lowest BCUT2D eigenvalue weighted by molar-refractivity contribution is -0.0471. The van der Waals surface area contributed by atoms with Crippen LogP contribution in [-0.4, -0.2) is 16.3 Å². The molecule has 0 saturated carbocycles. The molecule has 0 unspecified atom stereocenters. The summed E-state index contributed by atoms with van der Waals surface area (Å²) in [6.07, 6.45) is 0. The summed E-state index contributed by atoms with van der Waals surface area (Å²) < 4.78 is 0.879. The summed E-state index contributed by atoms with van der Waals surface area (Å²) in [5, 5.41) is 12.4. The number of hydrogen-bond donors (Lipinski definition) is 2. The molecule has 0 saturated heterocycles. The summed E-state index contributed by atoms with van der Waals surface area (Å²) >= 11 is 3.34. The lowest BCUT2D eigenvalue weighted by Crippen LogP contribution is -2.36. The van der Waals surface area contributed by atoms with Crippen LogP contribution < -0.4 is 5.32 Å². The van der Waals surface area contributed by atoms with Crippen LogP contribution in [0.3, 0.4) is 0 Å². The quantitative estimate of drug-likeness (QED) is 0.686. The van der Waals surface area contributed by atoms with Gasteiger partial charge in [0.05, 0.1) is 6.54 Å². The smallest absolute Gasteiger partial charge is 0.306 e. The van der Waals surface area contributed by atoms with Crippen molar-refractivity contribution in [2.24, 2.45) is 0 Å². The number of halogens is 1. The Hall–Kier alpha value is -1.07. The molecule has 1 aliphatic rings. The van der Waals surface area contributed by atoms with Crippen LogP contribution in [0.1, 0.15) is 5.56 Å². The molecule has 1 aliphatic heterocycles. The van der Waals surface area contributed by atoms with Gasteiger partial charge in [0.1, 0.15) is 0 Å². The first-order valence-electron chi connectivity index (χ1n) is 3.73. The molecule has 1 aromatic carbocycles.